The fraction of sp³-hybridized carbons (Fsp3) is 0.368. The molecule has 2 aromatic carbocycles. The van der Waals surface area contributed by atoms with E-state index in [1.807, 2.05) is 18.2 Å². The van der Waals surface area contributed by atoms with Gasteiger partial charge in [0.15, 0.2) is 11.5 Å². The zero-order valence-corrected chi connectivity index (χ0v) is 13.6. The summed E-state index contributed by atoms with van der Waals surface area (Å²) < 4.78 is 11.2. The Morgan fingerprint density at radius 1 is 1.12 bits per heavy atom. The van der Waals surface area contributed by atoms with E-state index >= 15 is 0 Å². The number of phenols is 1. The first-order valence-corrected chi connectivity index (χ1v) is 8.06. The number of phenolic OH excluding ortho intramolecular Hbond substituents is 1. The molecule has 0 saturated heterocycles. The standard InChI is InChI=1S/C19H22O5/c1-23-18-10-13(5-6-16(18)22)19-15(11-21)14-9-12(3-2-8-20)4-7-17(14)24-19/h4-7,9-10,15,19-22H,2-3,8,11H2,1H3/t15-,19+/m1/s1. The molecular formula is C19H22O5. The molecular weight excluding hydrogens is 308 g/mol. The molecule has 3 N–H and O–H groups in total. The van der Waals surface area contributed by atoms with Crippen molar-refractivity contribution in [2.45, 2.75) is 24.9 Å². The molecule has 128 valence electrons. The molecule has 1 aliphatic rings. The van der Waals surface area contributed by atoms with Gasteiger partial charge < -0.3 is 24.8 Å². The van der Waals surface area contributed by atoms with E-state index in [1.54, 1.807) is 18.2 Å². The van der Waals surface area contributed by atoms with Crippen molar-refractivity contribution in [1.82, 2.24) is 0 Å². The van der Waals surface area contributed by atoms with Crippen LogP contribution in [0.15, 0.2) is 36.4 Å². The molecule has 5 heteroatoms. The van der Waals surface area contributed by atoms with Gasteiger partial charge in [-0.25, -0.2) is 0 Å². The summed E-state index contributed by atoms with van der Waals surface area (Å²) in [7, 11) is 1.50. The van der Waals surface area contributed by atoms with E-state index in [0.29, 0.717) is 12.2 Å². The van der Waals surface area contributed by atoms with Crippen LogP contribution in [0.1, 0.15) is 35.1 Å². The van der Waals surface area contributed by atoms with Gasteiger partial charge in [0.25, 0.3) is 0 Å². The first kappa shape index (κ1) is 16.6. The fourth-order valence-electron chi connectivity index (χ4n) is 3.18. The van der Waals surface area contributed by atoms with Crippen molar-refractivity contribution in [3.63, 3.8) is 0 Å². The summed E-state index contributed by atoms with van der Waals surface area (Å²) >= 11 is 0. The van der Waals surface area contributed by atoms with Gasteiger partial charge in [-0.05, 0) is 42.2 Å². The molecule has 2 atom stereocenters. The van der Waals surface area contributed by atoms with Crippen molar-refractivity contribution in [3.8, 4) is 17.2 Å². The van der Waals surface area contributed by atoms with Gasteiger partial charge in [-0.15, -0.1) is 0 Å². The van der Waals surface area contributed by atoms with E-state index in [0.717, 1.165) is 28.9 Å². The lowest BCUT2D eigenvalue weighted by molar-refractivity contribution is 0.159. The molecule has 0 saturated carbocycles. The topological polar surface area (TPSA) is 79.2 Å². The maximum Gasteiger partial charge on any atom is 0.160 e. The lowest BCUT2D eigenvalue weighted by atomic mass is 9.90. The van der Waals surface area contributed by atoms with Gasteiger partial charge >= 0.3 is 0 Å². The Balaban J connectivity index is 1.91. The minimum atomic E-state index is -0.326. The zero-order valence-electron chi connectivity index (χ0n) is 13.6. The summed E-state index contributed by atoms with van der Waals surface area (Å²) in [6.07, 6.45) is 1.18. The molecule has 5 nitrogen and oxygen atoms in total. The number of aromatic hydroxyl groups is 1. The van der Waals surface area contributed by atoms with Crippen LogP contribution in [0.2, 0.25) is 0 Å². The van der Waals surface area contributed by atoms with Crippen LogP contribution in [0.3, 0.4) is 0 Å². The van der Waals surface area contributed by atoms with Crippen molar-refractivity contribution in [2.24, 2.45) is 0 Å². The Morgan fingerprint density at radius 2 is 1.96 bits per heavy atom. The molecule has 1 aliphatic heterocycles. The number of hydrogen-bond acceptors (Lipinski definition) is 5. The highest BCUT2D eigenvalue weighted by molar-refractivity contribution is 5.48. The lowest BCUT2D eigenvalue weighted by Gasteiger charge is -2.18. The summed E-state index contributed by atoms with van der Waals surface area (Å²) in [5, 5.41) is 28.6. The van der Waals surface area contributed by atoms with E-state index < -0.39 is 0 Å². The van der Waals surface area contributed by atoms with Gasteiger partial charge in [0.1, 0.15) is 11.9 Å². The van der Waals surface area contributed by atoms with Crippen LogP contribution < -0.4 is 9.47 Å². The fourth-order valence-corrected chi connectivity index (χ4v) is 3.18. The lowest BCUT2D eigenvalue weighted by Crippen LogP contribution is -2.13. The van der Waals surface area contributed by atoms with Crippen molar-refractivity contribution in [1.29, 1.82) is 0 Å². The molecule has 0 spiro atoms. The molecule has 24 heavy (non-hydrogen) atoms. The highest BCUT2D eigenvalue weighted by atomic mass is 16.5. The number of rotatable bonds is 6. The highest BCUT2D eigenvalue weighted by Crippen LogP contribution is 2.47. The van der Waals surface area contributed by atoms with Crippen LogP contribution in [-0.2, 0) is 6.42 Å². The van der Waals surface area contributed by atoms with Gasteiger partial charge in [-0.1, -0.05) is 18.2 Å². The van der Waals surface area contributed by atoms with E-state index in [1.165, 1.54) is 7.11 Å². The summed E-state index contributed by atoms with van der Waals surface area (Å²) in [6.45, 7) is 0.122. The Labute approximate surface area is 141 Å². The number of benzene rings is 2. The van der Waals surface area contributed by atoms with Crippen LogP contribution in [0.4, 0.5) is 0 Å². The van der Waals surface area contributed by atoms with Gasteiger partial charge in [0.05, 0.1) is 19.6 Å². The Bertz CT molecular complexity index is 713. The molecule has 3 rings (SSSR count). The molecule has 2 aromatic rings. The van der Waals surface area contributed by atoms with Crippen LogP contribution >= 0.6 is 0 Å². The Hall–Kier alpha value is -2.24. The Morgan fingerprint density at radius 3 is 2.67 bits per heavy atom. The highest BCUT2D eigenvalue weighted by Gasteiger charge is 2.35. The largest absolute Gasteiger partial charge is 0.504 e. The number of aliphatic hydroxyl groups is 2. The maximum atomic E-state index is 9.89. The van der Waals surface area contributed by atoms with Crippen LogP contribution in [0.5, 0.6) is 17.2 Å². The molecule has 0 bridgehead atoms. The molecule has 1 heterocycles. The summed E-state index contributed by atoms with van der Waals surface area (Å²) in [6, 6.07) is 11.0. The zero-order chi connectivity index (χ0) is 17.1. The third-order valence-corrected chi connectivity index (χ3v) is 4.45. The summed E-state index contributed by atoms with van der Waals surface area (Å²) in [4.78, 5) is 0. The minimum Gasteiger partial charge on any atom is -0.504 e. The van der Waals surface area contributed by atoms with Crippen molar-refractivity contribution in [2.75, 3.05) is 20.3 Å². The molecule has 0 aromatic heterocycles. The first-order chi connectivity index (χ1) is 11.7. The van der Waals surface area contributed by atoms with Gasteiger partial charge in [-0.3, -0.25) is 0 Å². The van der Waals surface area contributed by atoms with Gasteiger partial charge in [0, 0.05) is 12.2 Å². The summed E-state index contributed by atoms with van der Waals surface area (Å²) in [5.74, 6) is 1.04. The smallest absolute Gasteiger partial charge is 0.160 e. The van der Waals surface area contributed by atoms with Gasteiger partial charge in [0.2, 0.25) is 0 Å². The maximum absolute atomic E-state index is 9.89. The van der Waals surface area contributed by atoms with E-state index in [4.69, 9.17) is 14.6 Å². The second-order valence-corrected chi connectivity index (χ2v) is 5.96. The number of ether oxygens (including phenoxy) is 2. The number of methoxy groups -OCH3 is 1. The average molecular weight is 330 g/mol. The first-order valence-electron chi connectivity index (χ1n) is 8.06. The van der Waals surface area contributed by atoms with Crippen molar-refractivity contribution in [3.05, 3.63) is 53.1 Å². The van der Waals surface area contributed by atoms with E-state index in [9.17, 15) is 10.2 Å². The number of fused-ring (bicyclic) bond motifs is 1. The third-order valence-electron chi connectivity index (χ3n) is 4.45. The number of hydrogen-bond donors (Lipinski definition) is 3. The molecule has 0 radical (unpaired) electrons. The number of aliphatic hydroxyl groups excluding tert-OH is 2. The Kier molecular flexibility index (Phi) is 4.92. The predicted octanol–water partition coefficient (Wildman–Crippen LogP) is 2.54. The van der Waals surface area contributed by atoms with E-state index in [-0.39, 0.29) is 31.0 Å². The van der Waals surface area contributed by atoms with Crippen LogP contribution in [0, 0.1) is 0 Å². The molecule has 0 aliphatic carbocycles. The monoisotopic (exact) mass is 330 g/mol. The average Bonchev–Trinajstić information content (AvgIpc) is 2.98. The predicted molar refractivity (Wildman–Crippen MR) is 89.7 cm³/mol. The van der Waals surface area contributed by atoms with Crippen LogP contribution in [0.25, 0.3) is 0 Å². The van der Waals surface area contributed by atoms with Crippen molar-refractivity contribution < 1.29 is 24.8 Å². The third kappa shape index (κ3) is 3.05. The van der Waals surface area contributed by atoms with Crippen LogP contribution in [-0.4, -0.2) is 35.6 Å². The van der Waals surface area contributed by atoms with Gasteiger partial charge in [-0.2, -0.15) is 0 Å². The quantitative estimate of drug-likeness (QED) is 0.758. The van der Waals surface area contributed by atoms with E-state index in [2.05, 4.69) is 0 Å². The SMILES string of the molecule is COc1cc([C@@H]2Oc3ccc(CCCO)cc3[C@H]2CO)ccc1O. The molecule has 0 fully saturated rings. The molecule has 0 unspecified atom stereocenters. The minimum absolute atomic E-state index is 0.0374. The summed E-state index contributed by atoms with van der Waals surface area (Å²) in [5.41, 5.74) is 2.94. The molecule has 0 amide bonds. The second-order valence-electron chi connectivity index (χ2n) is 5.96. The second kappa shape index (κ2) is 7.11. The normalized spacial score (nSPS) is 19.0. The number of aryl methyl sites for hydroxylation is 1. The van der Waals surface area contributed by atoms with Crippen molar-refractivity contribution >= 4 is 0 Å².